The molecule has 0 radical (unpaired) electrons. The number of pyridine rings is 1. The zero-order valence-electron chi connectivity index (χ0n) is 11.4. The van der Waals surface area contributed by atoms with E-state index in [0.717, 1.165) is 12.1 Å². The van der Waals surface area contributed by atoms with Crippen molar-refractivity contribution in [1.29, 1.82) is 0 Å². The number of piperidine rings is 1. The number of carbonyl (C=O) groups is 2. The molecule has 2 atom stereocenters. The van der Waals surface area contributed by atoms with Crippen LogP contribution in [-0.4, -0.2) is 33.7 Å². The molecule has 22 heavy (non-hydrogen) atoms. The highest BCUT2D eigenvalue weighted by molar-refractivity contribution is 6.32. The fourth-order valence-corrected chi connectivity index (χ4v) is 3.69. The van der Waals surface area contributed by atoms with E-state index in [-0.39, 0.29) is 28.9 Å². The van der Waals surface area contributed by atoms with Gasteiger partial charge in [-0.25, -0.2) is 4.98 Å². The number of aromatic nitrogens is 1. The molecule has 3 heterocycles. The molecular weight excluding hydrogens is 337 g/mol. The Morgan fingerprint density at radius 2 is 1.68 bits per heavy atom. The Balaban J connectivity index is 1.92. The number of ketones is 1. The topological polar surface area (TPSA) is 50.3 Å². The van der Waals surface area contributed by atoms with Crippen LogP contribution in [0.15, 0.2) is 12.1 Å². The van der Waals surface area contributed by atoms with Gasteiger partial charge in [-0.2, -0.15) is 8.78 Å². The van der Waals surface area contributed by atoms with Crippen LogP contribution < -0.4 is 0 Å². The van der Waals surface area contributed by atoms with Crippen LogP contribution in [0.1, 0.15) is 31.2 Å². The number of hydrogen-bond acceptors (Lipinski definition) is 3. The molecule has 1 amide bonds. The molecule has 2 aliphatic rings. The van der Waals surface area contributed by atoms with Crippen molar-refractivity contribution in [2.75, 3.05) is 0 Å². The average molecular weight is 349 g/mol. The second kappa shape index (κ2) is 5.42. The fourth-order valence-electron chi connectivity index (χ4n) is 3.23. The molecular formula is C14H12Cl2F2N2O2. The molecule has 2 bridgehead atoms. The van der Waals surface area contributed by atoms with E-state index in [1.807, 2.05) is 0 Å². The van der Waals surface area contributed by atoms with Crippen LogP contribution in [-0.2, 0) is 15.5 Å². The van der Waals surface area contributed by atoms with Crippen molar-refractivity contribution in [3.05, 3.63) is 28.0 Å². The zero-order chi connectivity index (χ0) is 16.1. The van der Waals surface area contributed by atoms with Crippen molar-refractivity contribution in [2.24, 2.45) is 0 Å². The Labute approximate surface area is 135 Å². The van der Waals surface area contributed by atoms with Crippen molar-refractivity contribution < 1.29 is 18.4 Å². The van der Waals surface area contributed by atoms with E-state index in [1.165, 1.54) is 4.90 Å². The third-order valence-electron chi connectivity index (χ3n) is 4.17. The van der Waals surface area contributed by atoms with E-state index in [9.17, 15) is 18.4 Å². The first kappa shape index (κ1) is 15.6. The molecule has 0 spiro atoms. The zero-order valence-corrected chi connectivity index (χ0v) is 12.9. The summed E-state index contributed by atoms with van der Waals surface area (Å²) in [5.41, 5.74) is -0.584. The number of halogens is 4. The Morgan fingerprint density at radius 1 is 1.18 bits per heavy atom. The van der Waals surface area contributed by atoms with Crippen LogP contribution in [0.2, 0.25) is 10.3 Å². The third kappa shape index (κ3) is 2.58. The minimum absolute atomic E-state index is 0.0230. The van der Waals surface area contributed by atoms with Gasteiger partial charge in [0.1, 0.15) is 16.1 Å². The lowest BCUT2D eigenvalue weighted by atomic mass is 9.99. The molecule has 118 valence electrons. The highest BCUT2D eigenvalue weighted by atomic mass is 35.5. The van der Waals surface area contributed by atoms with Gasteiger partial charge < -0.3 is 4.90 Å². The molecule has 0 N–H and O–H groups in total. The van der Waals surface area contributed by atoms with Gasteiger partial charge in [-0.3, -0.25) is 9.59 Å². The summed E-state index contributed by atoms with van der Waals surface area (Å²) >= 11 is 11.3. The van der Waals surface area contributed by atoms with Gasteiger partial charge >= 0.3 is 5.92 Å². The first-order chi connectivity index (χ1) is 10.3. The predicted octanol–water partition coefficient (Wildman–Crippen LogP) is 3.20. The molecule has 1 aromatic heterocycles. The summed E-state index contributed by atoms with van der Waals surface area (Å²) in [5.74, 6) is -5.03. The normalized spacial score (nSPS) is 24.7. The first-order valence-electron chi connectivity index (χ1n) is 6.85. The highest BCUT2D eigenvalue weighted by Crippen LogP contribution is 2.40. The van der Waals surface area contributed by atoms with Gasteiger partial charge in [0.25, 0.3) is 5.91 Å². The predicted molar refractivity (Wildman–Crippen MR) is 76.0 cm³/mol. The van der Waals surface area contributed by atoms with E-state index < -0.39 is 29.5 Å². The van der Waals surface area contributed by atoms with Crippen molar-refractivity contribution in [3.63, 3.8) is 0 Å². The summed E-state index contributed by atoms with van der Waals surface area (Å²) in [6.45, 7) is 0. The summed E-state index contributed by atoms with van der Waals surface area (Å²) in [6.07, 6.45) is 1.46. The Kier molecular flexibility index (Phi) is 3.85. The maximum Gasteiger partial charge on any atom is 0.350 e. The number of fused-ring (bicyclic) bond motifs is 2. The SMILES string of the molecule is O=C1CC2CCC(C1)N2C(=O)C(F)(F)c1cc(Cl)nc(Cl)c1. The first-order valence-corrected chi connectivity index (χ1v) is 7.60. The van der Waals surface area contributed by atoms with E-state index in [0.29, 0.717) is 12.8 Å². The number of nitrogens with zero attached hydrogens (tertiary/aromatic N) is 2. The molecule has 0 aliphatic carbocycles. The summed E-state index contributed by atoms with van der Waals surface area (Å²) in [4.78, 5) is 28.7. The quantitative estimate of drug-likeness (QED) is 0.771. The monoisotopic (exact) mass is 348 g/mol. The minimum Gasteiger partial charge on any atom is -0.330 e. The smallest absolute Gasteiger partial charge is 0.330 e. The van der Waals surface area contributed by atoms with Crippen LogP contribution in [0, 0.1) is 0 Å². The van der Waals surface area contributed by atoms with Crippen LogP contribution in [0.4, 0.5) is 8.78 Å². The Hall–Kier alpha value is -1.27. The molecule has 0 aromatic carbocycles. The fraction of sp³-hybridized carbons (Fsp3) is 0.500. The summed E-state index contributed by atoms with van der Waals surface area (Å²) in [6, 6.07) is 1.000. The number of Topliss-reactive ketones (excluding diaryl/α,β-unsaturated/α-hetero) is 1. The molecule has 0 saturated carbocycles. The summed E-state index contributed by atoms with van der Waals surface area (Å²) in [7, 11) is 0. The average Bonchev–Trinajstić information content (AvgIpc) is 2.68. The van der Waals surface area contributed by atoms with Crippen molar-refractivity contribution >= 4 is 34.9 Å². The van der Waals surface area contributed by atoms with E-state index >= 15 is 0 Å². The van der Waals surface area contributed by atoms with Crippen LogP contribution >= 0.6 is 23.2 Å². The number of hydrogen-bond donors (Lipinski definition) is 0. The molecule has 2 fully saturated rings. The molecule has 2 aliphatic heterocycles. The lowest BCUT2D eigenvalue weighted by Crippen LogP contribution is -2.52. The summed E-state index contributed by atoms with van der Waals surface area (Å²) < 4.78 is 29.1. The standard InChI is InChI=1S/C14H12Cl2F2N2O2/c15-11-3-7(4-12(16)19-11)14(17,18)13(22)20-8-1-2-9(20)6-10(21)5-8/h3-4,8-9H,1-2,5-6H2. The maximum absolute atomic E-state index is 14.5. The molecule has 1 aromatic rings. The van der Waals surface area contributed by atoms with E-state index in [2.05, 4.69) is 4.98 Å². The van der Waals surface area contributed by atoms with Crippen LogP contribution in [0.5, 0.6) is 0 Å². The third-order valence-corrected chi connectivity index (χ3v) is 4.56. The molecule has 4 nitrogen and oxygen atoms in total. The van der Waals surface area contributed by atoms with Gasteiger partial charge in [-0.15, -0.1) is 0 Å². The van der Waals surface area contributed by atoms with Gasteiger partial charge in [-0.05, 0) is 25.0 Å². The molecule has 8 heteroatoms. The lowest BCUT2D eigenvalue weighted by molar-refractivity contribution is -0.164. The molecule has 2 unspecified atom stereocenters. The van der Waals surface area contributed by atoms with Gasteiger partial charge in [-0.1, -0.05) is 23.2 Å². The Morgan fingerprint density at radius 3 is 2.18 bits per heavy atom. The number of alkyl halides is 2. The number of rotatable bonds is 2. The van der Waals surface area contributed by atoms with Crippen molar-refractivity contribution in [3.8, 4) is 0 Å². The van der Waals surface area contributed by atoms with Gasteiger partial charge in [0, 0.05) is 30.5 Å². The van der Waals surface area contributed by atoms with E-state index in [4.69, 9.17) is 23.2 Å². The van der Waals surface area contributed by atoms with Crippen molar-refractivity contribution in [1.82, 2.24) is 9.88 Å². The summed E-state index contributed by atoms with van der Waals surface area (Å²) in [5, 5.41) is -0.404. The van der Waals surface area contributed by atoms with Crippen LogP contribution in [0.25, 0.3) is 0 Å². The second-order valence-electron chi connectivity index (χ2n) is 5.62. The van der Waals surface area contributed by atoms with Crippen molar-refractivity contribution in [2.45, 2.75) is 43.7 Å². The lowest BCUT2D eigenvalue weighted by Gasteiger charge is -2.36. The van der Waals surface area contributed by atoms with Gasteiger partial charge in [0.15, 0.2) is 0 Å². The van der Waals surface area contributed by atoms with Crippen LogP contribution in [0.3, 0.4) is 0 Å². The molecule has 2 saturated heterocycles. The number of amides is 1. The van der Waals surface area contributed by atoms with Gasteiger partial charge in [0.05, 0.1) is 0 Å². The second-order valence-corrected chi connectivity index (χ2v) is 6.39. The minimum atomic E-state index is -3.75. The maximum atomic E-state index is 14.5. The number of carbonyl (C=O) groups excluding carboxylic acids is 2. The Bertz CT molecular complexity index is 617. The largest absolute Gasteiger partial charge is 0.350 e. The van der Waals surface area contributed by atoms with E-state index in [1.54, 1.807) is 0 Å². The molecule has 3 rings (SSSR count). The highest BCUT2D eigenvalue weighted by Gasteiger charge is 2.52. The van der Waals surface area contributed by atoms with Gasteiger partial charge in [0.2, 0.25) is 0 Å².